The lowest BCUT2D eigenvalue weighted by Gasteiger charge is -2.15. The van der Waals surface area contributed by atoms with Crippen LogP contribution in [0.1, 0.15) is 38.9 Å². The van der Waals surface area contributed by atoms with Gasteiger partial charge in [-0.05, 0) is 38.5 Å². The highest BCUT2D eigenvalue weighted by molar-refractivity contribution is 5.41. The van der Waals surface area contributed by atoms with E-state index >= 15 is 0 Å². The van der Waals surface area contributed by atoms with E-state index in [0.717, 1.165) is 17.1 Å². The number of aliphatic hydroxyl groups excluding tert-OH is 1. The molecule has 0 aromatic heterocycles. The molecule has 0 bridgehead atoms. The largest absolute Gasteiger partial charge is 0.494 e. The molecular formula is C13H20O3. The minimum atomic E-state index is -0.498. The second kappa shape index (κ2) is 6.38. The summed E-state index contributed by atoms with van der Waals surface area (Å²) in [4.78, 5) is 0. The van der Waals surface area contributed by atoms with Gasteiger partial charge in [0, 0.05) is 5.56 Å². The quantitative estimate of drug-likeness (QED) is 0.807. The molecule has 0 aliphatic heterocycles. The molecule has 0 aliphatic rings. The van der Waals surface area contributed by atoms with E-state index in [4.69, 9.17) is 9.47 Å². The summed E-state index contributed by atoms with van der Waals surface area (Å²) in [5, 5.41) is 9.89. The Morgan fingerprint density at radius 2 is 1.81 bits per heavy atom. The van der Waals surface area contributed by atoms with Gasteiger partial charge in [-0.1, -0.05) is 6.92 Å². The molecule has 0 saturated carbocycles. The summed E-state index contributed by atoms with van der Waals surface area (Å²) in [6.07, 6.45) is 0.164. The van der Waals surface area contributed by atoms with Gasteiger partial charge in [0.2, 0.25) is 0 Å². The van der Waals surface area contributed by atoms with Gasteiger partial charge in [0.1, 0.15) is 11.5 Å². The molecule has 1 unspecified atom stereocenters. The van der Waals surface area contributed by atoms with Crippen molar-refractivity contribution in [2.45, 2.75) is 33.3 Å². The highest BCUT2D eigenvalue weighted by atomic mass is 16.5. The first-order valence-corrected chi connectivity index (χ1v) is 5.80. The Labute approximate surface area is 97.0 Å². The number of hydrogen-bond acceptors (Lipinski definition) is 3. The van der Waals surface area contributed by atoms with Gasteiger partial charge >= 0.3 is 0 Å². The summed E-state index contributed by atoms with van der Waals surface area (Å²) in [6.45, 7) is 7.02. The van der Waals surface area contributed by atoms with Crippen molar-refractivity contribution in [3.8, 4) is 11.5 Å². The molecule has 0 radical (unpaired) electrons. The molecule has 1 aromatic rings. The average molecular weight is 224 g/mol. The summed E-state index contributed by atoms with van der Waals surface area (Å²) in [6, 6.07) is 5.56. The maximum absolute atomic E-state index is 9.89. The van der Waals surface area contributed by atoms with Crippen LogP contribution in [0.3, 0.4) is 0 Å². The van der Waals surface area contributed by atoms with Crippen molar-refractivity contribution in [3.63, 3.8) is 0 Å². The lowest BCUT2D eigenvalue weighted by Crippen LogP contribution is -2.03. The molecule has 0 amide bonds. The lowest BCUT2D eigenvalue weighted by atomic mass is 10.1. The molecule has 1 N–H and O–H groups in total. The van der Waals surface area contributed by atoms with Crippen LogP contribution in [0.5, 0.6) is 11.5 Å². The van der Waals surface area contributed by atoms with Crippen molar-refractivity contribution in [2.24, 2.45) is 0 Å². The van der Waals surface area contributed by atoms with E-state index in [1.165, 1.54) is 0 Å². The Bertz CT molecular complexity index is 323. The maximum Gasteiger partial charge on any atom is 0.125 e. The predicted octanol–water partition coefficient (Wildman–Crippen LogP) is 2.93. The molecule has 3 nitrogen and oxygen atoms in total. The number of aliphatic hydroxyl groups is 1. The minimum Gasteiger partial charge on any atom is -0.494 e. The first kappa shape index (κ1) is 12.8. The van der Waals surface area contributed by atoms with E-state index in [2.05, 4.69) is 0 Å². The molecule has 0 heterocycles. The van der Waals surface area contributed by atoms with Gasteiger partial charge in [0.15, 0.2) is 0 Å². The third-order valence-corrected chi connectivity index (χ3v) is 2.34. The second-order valence-electron chi connectivity index (χ2n) is 3.49. The molecule has 0 fully saturated rings. The Kier molecular flexibility index (Phi) is 5.12. The third kappa shape index (κ3) is 3.14. The number of benzene rings is 1. The molecule has 0 saturated heterocycles. The van der Waals surface area contributed by atoms with Crippen LogP contribution in [0, 0.1) is 0 Å². The van der Waals surface area contributed by atoms with Crippen LogP contribution in [0.2, 0.25) is 0 Å². The Morgan fingerprint density at radius 1 is 1.12 bits per heavy atom. The van der Waals surface area contributed by atoms with Crippen LogP contribution in [-0.4, -0.2) is 18.3 Å². The van der Waals surface area contributed by atoms with Crippen LogP contribution in [-0.2, 0) is 0 Å². The first-order valence-electron chi connectivity index (χ1n) is 5.80. The van der Waals surface area contributed by atoms with E-state index in [1.54, 1.807) is 0 Å². The maximum atomic E-state index is 9.89. The van der Waals surface area contributed by atoms with Gasteiger partial charge in [-0.25, -0.2) is 0 Å². The van der Waals surface area contributed by atoms with Gasteiger partial charge < -0.3 is 14.6 Å². The molecule has 90 valence electrons. The van der Waals surface area contributed by atoms with E-state index in [-0.39, 0.29) is 0 Å². The van der Waals surface area contributed by atoms with E-state index in [1.807, 2.05) is 39.0 Å². The minimum absolute atomic E-state index is 0.498. The van der Waals surface area contributed by atoms with Gasteiger partial charge in [0.25, 0.3) is 0 Å². The second-order valence-corrected chi connectivity index (χ2v) is 3.49. The molecule has 3 heteroatoms. The van der Waals surface area contributed by atoms with Crippen molar-refractivity contribution < 1.29 is 14.6 Å². The smallest absolute Gasteiger partial charge is 0.125 e. The molecule has 0 spiro atoms. The fourth-order valence-corrected chi connectivity index (χ4v) is 1.55. The van der Waals surface area contributed by atoms with Crippen molar-refractivity contribution in [1.29, 1.82) is 0 Å². The zero-order chi connectivity index (χ0) is 12.0. The van der Waals surface area contributed by atoms with Crippen molar-refractivity contribution in [1.82, 2.24) is 0 Å². The standard InChI is InChI=1S/C13H20O3/c1-4-12(14)11-9-10(15-5-2)7-8-13(11)16-6-3/h7-9,12,14H,4-6H2,1-3H3. The molecule has 1 rings (SSSR count). The first-order chi connectivity index (χ1) is 7.72. The van der Waals surface area contributed by atoms with Crippen LogP contribution < -0.4 is 9.47 Å². The Balaban J connectivity index is 3.00. The molecule has 0 aliphatic carbocycles. The van der Waals surface area contributed by atoms with E-state index in [9.17, 15) is 5.11 Å². The number of hydrogen-bond donors (Lipinski definition) is 1. The van der Waals surface area contributed by atoms with Gasteiger partial charge in [0.05, 0.1) is 19.3 Å². The summed E-state index contributed by atoms with van der Waals surface area (Å²) in [7, 11) is 0. The highest BCUT2D eigenvalue weighted by Crippen LogP contribution is 2.31. The summed E-state index contributed by atoms with van der Waals surface area (Å²) >= 11 is 0. The third-order valence-electron chi connectivity index (χ3n) is 2.34. The highest BCUT2D eigenvalue weighted by Gasteiger charge is 2.12. The van der Waals surface area contributed by atoms with E-state index in [0.29, 0.717) is 19.6 Å². The summed E-state index contributed by atoms with van der Waals surface area (Å²) < 4.78 is 10.9. The monoisotopic (exact) mass is 224 g/mol. The number of rotatable bonds is 6. The zero-order valence-corrected chi connectivity index (χ0v) is 10.2. The lowest BCUT2D eigenvalue weighted by molar-refractivity contribution is 0.167. The molecule has 1 aromatic carbocycles. The average Bonchev–Trinajstić information content (AvgIpc) is 2.31. The van der Waals surface area contributed by atoms with Crippen LogP contribution in [0.4, 0.5) is 0 Å². The summed E-state index contributed by atoms with van der Waals surface area (Å²) in [5.41, 5.74) is 0.801. The van der Waals surface area contributed by atoms with Gasteiger partial charge in [-0.15, -0.1) is 0 Å². The molecule has 1 atom stereocenters. The predicted molar refractivity (Wildman–Crippen MR) is 64.0 cm³/mol. The zero-order valence-electron chi connectivity index (χ0n) is 10.2. The van der Waals surface area contributed by atoms with Crippen molar-refractivity contribution >= 4 is 0 Å². The fraction of sp³-hybridized carbons (Fsp3) is 0.538. The van der Waals surface area contributed by atoms with Gasteiger partial charge in [-0.2, -0.15) is 0 Å². The normalized spacial score (nSPS) is 12.2. The Hall–Kier alpha value is -1.22. The molecular weight excluding hydrogens is 204 g/mol. The fourth-order valence-electron chi connectivity index (χ4n) is 1.55. The van der Waals surface area contributed by atoms with Crippen molar-refractivity contribution in [2.75, 3.05) is 13.2 Å². The topological polar surface area (TPSA) is 38.7 Å². The van der Waals surface area contributed by atoms with Crippen LogP contribution in [0.25, 0.3) is 0 Å². The summed E-state index contributed by atoms with van der Waals surface area (Å²) in [5.74, 6) is 1.51. The van der Waals surface area contributed by atoms with Crippen LogP contribution >= 0.6 is 0 Å². The number of ether oxygens (including phenoxy) is 2. The van der Waals surface area contributed by atoms with E-state index < -0.39 is 6.10 Å². The molecule has 16 heavy (non-hydrogen) atoms. The van der Waals surface area contributed by atoms with Gasteiger partial charge in [-0.3, -0.25) is 0 Å². The van der Waals surface area contributed by atoms with Crippen molar-refractivity contribution in [3.05, 3.63) is 23.8 Å². The van der Waals surface area contributed by atoms with Crippen LogP contribution in [0.15, 0.2) is 18.2 Å². The SMILES string of the molecule is CCOc1ccc(OCC)c(C(O)CC)c1. The Morgan fingerprint density at radius 3 is 2.38 bits per heavy atom.